The minimum Gasteiger partial charge on any atom is -0.379 e. The van der Waals surface area contributed by atoms with Gasteiger partial charge in [-0.2, -0.15) is 4.98 Å². The van der Waals surface area contributed by atoms with Gasteiger partial charge < -0.3 is 16.4 Å². The lowest BCUT2D eigenvalue weighted by atomic mass is 10.1. The van der Waals surface area contributed by atoms with Gasteiger partial charge in [0.05, 0.1) is 18.4 Å². The molecule has 0 bridgehead atoms. The van der Waals surface area contributed by atoms with Gasteiger partial charge in [-0.3, -0.25) is 24.6 Å². The zero-order valence-corrected chi connectivity index (χ0v) is 20.0. The zero-order valence-electron chi connectivity index (χ0n) is 20.0. The lowest BCUT2D eigenvalue weighted by Crippen LogP contribution is -2.24. The molecule has 12 nitrogen and oxygen atoms in total. The molecule has 7 N–H and O–H groups in total. The van der Waals surface area contributed by atoms with E-state index in [1.807, 2.05) is 12.1 Å². The molecular weight excluding hydrogens is 464 g/mol. The number of benzene rings is 1. The van der Waals surface area contributed by atoms with Crippen LogP contribution in [0.5, 0.6) is 0 Å². The maximum Gasteiger partial charge on any atom is 0.280 e. The summed E-state index contributed by atoms with van der Waals surface area (Å²) in [4.78, 5) is 50.0. The van der Waals surface area contributed by atoms with Crippen molar-refractivity contribution in [1.82, 2.24) is 30.7 Å². The molecule has 2 amide bonds. The van der Waals surface area contributed by atoms with Crippen molar-refractivity contribution in [2.24, 2.45) is 0 Å². The molecule has 0 spiro atoms. The number of carbonyl (C=O) groups is 2. The molecule has 0 aliphatic heterocycles. The number of H-pyrrole nitrogens is 1. The summed E-state index contributed by atoms with van der Waals surface area (Å²) >= 11 is 0. The van der Waals surface area contributed by atoms with Gasteiger partial charge in [-0.25, -0.2) is 15.4 Å². The largest absolute Gasteiger partial charge is 0.379 e. The average molecular weight is 497 g/mol. The Morgan fingerprint density at radius 2 is 1.67 bits per heavy atom. The molecule has 0 saturated carbocycles. The first-order valence-electron chi connectivity index (χ1n) is 12.0. The minimum atomic E-state index is -0.441. The number of aromatic nitrogens is 4. The molecular formula is C24H32N8O4. The smallest absolute Gasteiger partial charge is 0.280 e. The molecule has 3 aromatic rings. The summed E-state index contributed by atoms with van der Waals surface area (Å²) < 4.78 is 0. The number of amides is 2. The number of nitrogens with one attached hydrogen (secondary N) is 4. The van der Waals surface area contributed by atoms with Crippen LogP contribution in [0.25, 0.3) is 11.2 Å². The van der Waals surface area contributed by atoms with Gasteiger partial charge in [-0.15, -0.1) is 0 Å². The van der Waals surface area contributed by atoms with Gasteiger partial charge >= 0.3 is 0 Å². The molecule has 0 unspecified atom stereocenters. The predicted octanol–water partition coefficient (Wildman–Crippen LogP) is 2.26. The molecule has 192 valence electrons. The Morgan fingerprint density at radius 1 is 0.972 bits per heavy atom. The number of hydrogen-bond acceptors (Lipinski definition) is 9. The Kier molecular flexibility index (Phi) is 10.1. The maximum absolute atomic E-state index is 12.4. The zero-order chi connectivity index (χ0) is 25.8. The molecule has 3 rings (SSSR count). The van der Waals surface area contributed by atoms with E-state index < -0.39 is 5.56 Å². The van der Waals surface area contributed by atoms with E-state index in [1.165, 1.54) is 6.20 Å². The number of carbonyl (C=O) groups excluding carboxylic acids is 2. The summed E-state index contributed by atoms with van der Waals surface area (Å²) in [7, 11) is 0. The van der Waals surface area contributed by atoms with Crippen LogP contribution in [0.4, 0.5) is 11.6 Å². The molecule has 0 atom stereocenters. The summed E-state index contributed by atoms with van der Waals surface area (Å²) in [6, 6.07) is 7.11. The highest BCUT2D eigenvalue weighted by atomic mass is 16.5. The Labute approximate surface area is 208 Å². The Hall–Kier alpha value is -4.06. The van der Waals surface area contributed by atoms with Crippen LogP contribution in [-0.4, -0.2) is 43.5 Å². The van der Waals surface area contributed by atoms with E-state index >= 15 is 0 Å². The third-order valence-electron chi connectivity index (χ3n) is 5.60. The van der Waals surface area contributed by atoms with Crippen molar-refractivity contribution in [3.05, 3.63) is 52.1 Å². The molecule has 2 aromatic heterocycles. The maximum atomic E-state index is 12.4. The fourth-order valence-corrected chi connectivity index (χ4v) is 3.64. The number of hydroxylamine groups is 1. The Balaban J connectivity index is 1.33. The second-order valence-electron chi connectivity index (χ2n) is 8.43. The lowest BCUT2D eigenvalue weighted by molar-refractivity contribution is -0.129. The highest BCUT2D eigenvalue weighted by molar-refractivity contribution is 5.94. The number of hydrogen-bond donors (Lipinski definition) is 6. The number of rotatable bonds is 14. The summed E-state index contributed by atoms with van der Waals surface area (Å²) in [6.07, 6.45) is 8.82. The summed E-state index contributed by atoms with van der Waals surface area (Å²) in [6.45, 7) is 0.964. The van der Waals surface area contributed by atoms with Crippen LogP contribution in [0, 0.1) is 0 Å². The molecule has 0 radical (unpaired) electrons. The van der Waals surface area contributed by atoms with E-state index in [4.69, 9.17) is 10.9 Å². The molecule has 12 heteroatoms. The van der Waals surface area contributed by atoms with Crippen LogP contribution in [0.2, 0.25) is 0 Å². The first-order chi connectivity index (χ1) is 17.5. The monoisotopic (exact) mass is 496 g/mol. The van der Waals surface area contributed by atoms with Crippen molar-refractivity contribution in [3.8, 4) is 0 Å². The van der Waals surface area contributed by atoms with Gasteiger partial charge in [0.2, 0.25) is 11.9 Å². The number of fused-ring (bicyclic) bond motifs is 1. The number of aromatic amines is 1. The van der Waals surface area contributed by atoms with E-state index in [1.54, 1.807) is 17.6 Å². The van der Waals surface area contributed by atoms with Crippen LogP contribution in [0.15, 0.2) is 35.3 Å². The van der Waals surface area contributed by atoms with Crippen LogP contribution in [0.1, 0.15) is 67.4 Å². The van der Waals surface area contributed by atoms with Gasteiger partial charge in [-0.1, -0.05) is 32.1 Å². The molecule has 0 saturated heterocycles. The van der Waals surface area contributed by atoms with Crippen molar-refractivity contribution in [3.63, 3.8) is 0 Å². The normalized spacial score (nSPS) is 10.8. The van der Waals surface area contributed by atoms with Crippen LogP contribution in [0.3, 0.4) is 0 Å². The molecule has 0 aliphatic rings. The van der Waals surface area contributed by atoms with Gasteiger partial charge in [0, 0.05) is 24.2 Å². The van der Waals surface area contributed by atoms with Gasteiger partial charge in [0.15, 0.2) is 11.2 Å². The second-order valence-corrected chi connectivity index (χ2v) is 8.43. The van der Waals surface area contributed by atoms with Crippen LogP contribution >= 0.6 is 0 Å². The summed E-state index contributed by atoms with van der Waals surface area (Å²) in [5.74, 6) is -0.460. The summed E-state index contributed by atoms with van der Waals surface area (Å²) in [5.41, 5.74) is 8.97. The highest BCUT2D eigenvalue weighted by Crippen LogP contribution is 2.12. The molecule has 36 heavy (non-hydrogen) atoms. The van der Waals surface area contributed by atoms with E-state index in [9.17, 15) is 14.4 Å². The third-order valence-corrected chi connectivity index (χ3v) is 5.60. The number of nitrogens with two attached hydrogens (primary N) is 1. The van der Waals surface area contributed by atoms with Crippen LogP contribution < -0.4 is 27.4 Å². The van der Waals surface area contributed by atoms with E-state index in [0.29, 0.717) is 30.8 Å². The standard InChI is InChI=1S/C24H32N8O4/c25-24-30-21-20(23(35)31-24)29-18(15-28-21)14-27-17-11-9-16(10-12-17)22(34)26-13-7-5-3-1-2-4-6-8-19(33)32-36/h9-12,15,27,36H,1-8,13-14H2,(H,26,34)(H,32,33)(H3,25,28,30,31,35). The SMILES string of the molecule is Nc1nc2ncc(CNc3ccc(C(=O)NCCCCCCCCCC(=O)NO)cc3)nc2c(=O)[nH]1. The number of unbranched alkanes of at least 4 members (excludes halogenated alkanes) is 6. The Bertz CT molecular complexity index is 1210. The van der Waals surface area contributed by atoms with E-state index in [0.717, 1.165) is 50.6 Å². The number of nitrogens with zero attached hydrogens (tertiary/aromatic N) is 3. The van der Waals surface area contributed by atoms with Crippen molar-refractivity contribution in [2.75, 3.05) is 17.6 Å². The topological polar surface area (TPSA) is 188 Å². The fourth-order valence-electron chi connectivity index (χ4n) is 3.64. The van der Waals surface area contributed by atoms with E-state index in [-0.39, 0.29) is 28.9 Å². The van der Waals surface area contributed by atoms with Crippen molar-refractivity contribution in [2.45, 2.75) is 57.9 Å². The average Bonchev–Trinajstić information content (AvgIpc) is 2.88. The fraction of sp³-hybridized carbons (Fsp3) is 0.417. The molecule has 2 heterocycles. The molecule has 1 aromatic carbocycles. The third kappa shape index (κ3) is 8.31. The Morgan fingerprint density at radius 3 is 2.39 bits per heavy atom. The van der Waals surface area contributed by atoms with Gasteiger partial charge in [-0.05, 0) is 37.1 Å². The van der Waals surface area contributed by atoms with Crippen molar-refractivity contribution < 1.29 is 14.8 Å². The van der Waals surface area contributed by atoms with Crippen LogP contribution in [-0.2, 0) is 11.3 Å². The number of nitrogen functional groups attached to an aromatic ring is 1. The van der Waals surface area contributed by atoms with Crippen molar-refractivity contribution >= 4 is 34.6 Å². The highest BCUT2D eigenvalue weighted by Gasteiger charge is 2.08. The first kappa shape index (κ1) is 26.5. The number of anilines is 2. The minimum absolute atomic E-state index is 0.00680. The quantitative estimate of drug-likeness (QED) is 0.110. The molecule has 0 fully saturated rings. The van der Waals surface area contributed by atoms with Crippen molar-refractivity contribution in [1.29, 1.82) is 0 Å². The van der Waals surface area contributed by atoms with Gasteiger partial charge in [0.25, 0.3) is 11.5 Å². The van der Waals surface area contributed by atoms with E-state index in [2.05, 4.69) is 30.6 Å². The summed E-state index contributed by atoms with van der Waals surface area (Å²) in [5, 5.41) is 14.6. The van der Waals surface area contributed by atoms with Gasteiger partial charge in [0.1, 0.15) is 0 Å². The lowest BCUT2D eigenvalue weighted by Gasteiger charge is -2.08. The predicted molar refractivity (Wildman–Crippen MR) is 135 cm³/mol. The second kappa shape index (κ2) is 13.7. The molecule has 0 aliphatic carbocycles. The first-order valence-corrected chi connectivity index (χ1v) is 12.0.